The summed E-state index contributed by atoms with van der Waals surface area (Å²) in [4.78, 5) is 10.7. The van der Waals surface area contributed by atoms with E-state index in [-0.39, 0.29) is 38.7 Å². The molecular formula is C8H14O2Y-2. The van der Waals surface area contributed by atoms with Crippen molar-refractivity contribution in [3.63, 3.8) is 0 Å². The maximum Gasteiger partial charge on any atom is 0.134 e. The van der Waals surface area contributed by atoms with Crippen LogP contribution < -0.4 is 0 Å². The van der Waals surface area contributed by atoms with Crippen LogP contribution in [-0.2, 0) is 42.2 Å². The van der Waals surface area contributed by atoms with Crippen molar-refractivity contribution < 1.29 is 42.2 Å². The number of unbranched alkanes of at least 4 members (excludes halogenated alkanes) is 1. The Bertz CT molecular complexity index is 102. The molecule has 0 aliphatic carbocycles. The van der Waals surface area contributed by atoms with Gasteiger partial charge in [0.15, 0.2) is 0 Å². The average molecular weight is 231 g/mol. The standard InChI is InChI=1S/C8H14O2.Y/c1-4-5-6-8(9)10-7(2)3;/h6H,4-5H2,1-3H3;/q-2;. The van der Waals surface area contributed by atoms with E-state index in [9.17, 15) is 4.79 Å². The SMILES string of the molecule is CCC[CH-]C(=O)O[C-](C)C.[Y]. The molecule has 0 bridgehead atoms. The molecule has 0 aromatic carbocycles. The Morgan fingerprint density at radius 2 is 2.09 bits per heavy atom. The third-order valence-electron chi connectivity index (χ3n) is 0.904. The minimum Gasteiger partial charge on any atom is -0.656 e. The molecule has 0 unspecified atom stereocenters. The van der Waals surface area contributed by atoms with Crippen LogP contribution >= 0.6 is 0 Å². The fourth-order valence-electron chi connectivity index (χ4n) is 0.505. The number of carbonyl (C=O) groups is 1. The molecule has 0 spiro atoms. The van der Waals surface area contributed by atoms with Crippen molar-refractivity contribution in [3.8, 4) is 0 Å². The van der Waals surface area contributed by atoms with Gasteiger partial charge >= 0.3 is 0 Å². The van der Waals surface area contributed by atoms with Crippen molar-refractivity contribution in [1.29, 1.82) is 0 Å². The van der Waals surface area contributed by atoms with Gasteiger partial charge in [0, 0.05) is 32.7 Å². The van der Waals surface area contributed by atoms with Gasteiger partial charge < -0.3 is 4.74 Å². The summed E-state index contributed by atoms with van der Waals surface area (Å²) in [5, 5.41) is 0. The zero-order chi connectivity index (χ0) is 7.98. The molecule has 0 atom stereocenters. The third kappa shape index (κ3) is 10.4. The van der Waals surface area contributed by atoms with Crippen molar-refractivity contribution in [2.45, 2.75) is 33.6 Å². The molecule has 2 nitrogen and oxygen atoms in total. The summed E-state index contributed by atoms with van der Waals surface area (Å²) < 4.78 is 4.77. The van der Waals surface area contributed by atoms with Crippen LogP contribution in [0.4, 0.5) is 0 Å². The van der Waals surface area contributed by atoms with Crippen LogP contribution in [0.25, 0.3) is 0 Å². The summed E-state index contributed by atoms with van der Waals surface area (Å²) in [5.41, 5.74) is 0. The smallest absolute Gasteiger partial charge is 0.134 e. The summed E-state index contributed by atoms with van der Waals surface area (Å²) in [6.07, 6.45) is 4.04. The van der Waals surface area contributed by atoms with E-state index >= 15 is 0 Å². The molecule has 0 N–H and O–H groups in total. The Morgan fingerprint density at radius 1 is 1.55 bits per heavy atom. The molecular weight excluding hydrogens is 217 g/mol. The molecule has 0 saturated carbocycles. The van der Waals surface area contributed by atoms with Gasteiger partial charge in [0.2, 0.25) is 0 Å². The Morgan fingerprint density at radius 3 is 2.45 bits per heavy atom. The predicted octanol–water partition coefficient (Wildman–Crippen LogP) is 2.10. The first-order valence-electron chi connectivity index (χ1n) is 3.52. The largest absolute Gasteiger partial charge is 0.656 e. The molecule has 0 aliphatic heterocycles. The van der Waals surface area contributed by atoms with Crippen LogP contribution in [0.1, 0.15) is 33.6 Å². The first-order valence-corrected chi connectivity index (χ1v) is 3.52. The second-order valence-corrected chi connectivity index (χ2v) is 2.32. The van der Waals surface area contributed by atoms with Crippen LogP contribution in [0, 0.1) is 12.5 Å². The van der Waals surface area contributed by atoms with Gasteiger partial charge in [-0.1, -0.05) is 13.3 Å². The van der Waals surface area contributed by atoms with E-state index in [0.717, 1.165) is 12.8 Å². The second-order valence-electron chi connectivity index (χ2n) is 2.32. The number of hydrogen-bond acceptors (Lipinski definition) is 2. The minimum absolute atomic E-state index is 0. The van der Waals surface area contributed by atoms with Crippen molar-refractivity contribution in [1.82, 2.24) is 0 Å². The molecule has 0 heterocycles. The zero-order valence-electron chi connectivity index (χ0n) is 7.39. The van der Waals surface area contributed by atoms with Crippen LogP contribution in [0.2, 0.25) is 0 Å². The van der Waals surface area contributed by atoms with E-state index in [4.69, 9.17) is 4.74 Å². The van der Waals surface area contributed by atoms with Crippen LogP contribution in [0.15, 0.2) is 0 Å². The molecule has 0 aromatic heterocycles. The molecule has 0 aliphatic rings. The number of esters is 1. The van der Waals surface area contributed by atoms with Gasteiger partial charge in [-0.3, -0.25) is 11.2 Å². The van der Waals surface area contributed by atoms with Gasteiger partial charge in [0.25, 0.3) is 0 Å². The topological polar surface area (TPSA) is 26.3 Å². The zero-order valence-corrected chi connectivity index (χ0v) is 10.2. The molecule has 0 aromatic rings. The van der Waals surface area contributed by atoms with Crippen molar-refractivity contribution in [2.75, 3.05) is 0 Å². The van der Waals surface area contributed by atoms with Gasteiger partial charge in [0.1, 0.15) is 5.97 Å². The van der Waals surface area contributed by atoms with E-state index in [1.165, 1.54) is 0 Å². The summed E-state index contributed by atoms with van der Waals surface area (Å²) in [6.45, 7) is 5.54. The molecule has 0 fully saturated rings. The molecule has 0 amide bonds. The fraction of sp³-hybridized carbons (Fsp3) is 0.625. The Hall–Kier alpha value is 0.444. The van der Waals surface area contributed by atoms with Gasteiger partial charge in [-0.15, -0.1) is 0 Å². The maximum absolute atomic E-state index is 10.7. The summed E-state index contributed by atoms with van der Waals surface area (Å²) in [5.74, 6) is -0.234. The van der Waals surface area contributed by atoms with E-state index in [1.54, 1.807) is 20.3 Å². The monoisotopic (exact) mass is 231 g/mol. The molecule has 0 rings (SSSR count). The summed E-state index contributed by atoms with van der Waals surface area (Å²) in [7, 11) is 0. The molecule has 1 radical (unpaired) electrons. The first kappa shape index (κ1) is 14.0. The quantitative estimate of drug-likeness (QED) is 0.547. The maximum atomic E-state index is 10.7. The van der Waals surface area contributed by atoms with E-state index in [1.807, 2.05) is 6.92 Å². The molecule has 11 heavy (non-hydrogen) atoms. The van der Waals surface area contributed by atoms with Gasteiger partial charge in [-0.2, -0.15) is 26.4 Å². The average Bonchev–Trinajstić information content (AvgIpc) is 1.82. The second kappa shape index (κ2) is 8.54. The Labute approximate surface area is 94.0 Å². The minimum atomic E-state index is -0.234. The van der Waals surface area contributed by atoms with Gasteiger partial charge in [0.05, 0.1) is 0 Å². The third-order valence-corrected chi connectivity index (χ3v) is 0.904. The number of carbonyl (C=O) groups excluding carboxylic acids is 1. The van der Waals surface area contributed by atoms with Crippen LogP contribution in [-0.4, -0.2) is 5.97 Å². The number of rotatable bonds is 4. The Kier molecular flexibility index (Phi) is 10.9. The van der Waals surface area contributed by atoms with E-state index in [2.05, 4.69) is 0 Å². The fourth-order valence-corrected chi connectivity index (χ4v) is 0.505. The predicted molar refractivity (Wildman–Crippen MR) is 39.9 cm³/mol. The van der Waals surface area contributed by atoms with Crippen molar-refractivity contribution in [3.05, 3.63) is 12.5 Å². The van der Waals surface area contributed by atoms with Crippen molar-refractivity contribution in [2.24, 2.45) is 0 Å². The van der Waals surface area contributed by atoms with Gasteiger partial charge in [-0.05, 0) is 0 Å². The molecule has 0 saturated heterocycles. The number of ether oxygens (including phenoxy) is 1. The van der Waals surface area contributed by atoms with Gasteiger partial charge in [-0.25, -0.2) is 0 Å². The summed E-state index contributed by atoms with van der Waals surface area (Å²) >= 11 is 0. The normalized spacial score (nSPS) is 8.73. The molecule has 63 valence electrons. The van der Waals surface area contributed by atoms with E-state index in [0.29, 0.717) is 6.10 Å². The molecule has 3 heteroatoms. The van der Waals surface area contributed by atoms with Crippen LogP contribution in [0.3, 0.4) is 0 Å². The Balaban J connectivity index is 0. The summed E-state index contributed by atoms with van der Waals surface area (Å²) in [6, 6.07) is 0. The van der Waals surface area contributed by atoms with Crippen molar-refractivity contribution >= 4 is 5.97 Å². The number of hydrogen-bond donors (Lipinski definition) is 0. The van der Waals surface area contributed by atoms with Crippen LogP contribution in [0.5, 0.6) is 0 Å². The van der Waals surface area contributed by atoms with E-state index < -0.39 is 0 Å². The first-order chi connectivity index (χ1) is 4.66.